The zero-order chi connectivity index (χ0) is 23.7. The molecule has 1 aliphatic heterocycles. The van der Waals surface area contributed by atoms with E-state index in [9.17, 15) is 9.90 Å². The normalized spacial score (nSPS) is 14.7. The van der Waals surface area contributed by atoms with Gasteiger partial charge in [0.2, 0.25) is 0 Å². The highest BCUT2D eigenvalue weighted by Crippen LogP contribution is 2.35. The third-order valence-corrected chi connectivity index (χ3v) is 6.10. The highest BCUT2D eigenvalue weighted by molar-refractivity contribution is 6.31. The Morgan fingerprint density at radius 2 is 1.79 bits per heavy atom. The van der Waals surface area contributed by atoms with Gasteiger partial charge in [-0.25, -0.2) is 9.97 Å². The fourth-order valence-corrected chi connectivity index (χ4v) is 4.22. The minimum Gasteiger partial charge on any atom is -0.496 e. The Morgan fingerprint density at radius 1 is 1.03 bits per heavy atom. The lowest BCUT2D eigenvalue weighted by molar-refractivity contribution is 0.0138. The molecule has 1 aliphatic rings. The van der Waals surface area contributed by atoms with Crippen molar-refractivity contribution in [2.75, 3.05) is 12.4 Å². The molecule has 0 saturated heterocycles. The number of carbonyl (C=O) groups is 1. The van der Waals surface area contributed by atoms with E-state index in [1.165, 1.54) is 11.2 Å². The number of para-hydroxylation sites is 1. The van der Waals surface area contributed by atoms with E-state index >= 15 is 0 Å². The van der Waals surface area contributed by atoms with E-state index in [1.54, 1.807) is 37.4 Å². The molecular weight excluding hydrogens is 452 g/mol. The Morgan fingerprint density at radius 3 is 2.59 bits per heavy atom. The Labute approximate surface area is 201 Å². The number of methoxy groups -OCH3 is 1. The molecule has 0 spiro atoms. The van der Waals surface area contributed by atoms with Gasteiger partial charge >= 0.3 is 0 Å². The summed E-state index contributed by atoms with van der Waals surface area (Å²) in [6.45, 7) is 0.166. The SMILES string of the molecule is COc1ccccc1-c1cc(Nc2ccc(Cl)c(CN3C(=O)c4ccccc4C3O)c2)ncn1. The summed E-state index contributed by atoms with van der Waals surface area (Å²) in [6.07, 6.45) is 0.471. The van der Waals surface area contributed by atoms with Crippen LogP contribution in [0.25, 0.3) is 11.3 Å². The molecule has 4 aromatic rings. The predicted molar refractivity (Wildman–Crippen MR) is 130 cm³/mol. The first-order valence-corrected chi connectivity index (χ1v) is 11.0. The fourth-order valence-electron chi connectivity index (χ4n) is 4.04. The van der Waals surface area contributed by atoms with Crippen LogP contribution in [-0.4, -0.2) is 33.0 Å². The molecule has 170 valence electrons. The minimum atomic E-state index is -1.01. The lowest BCUT2D eigenvalue weighted by atomic mass is 10.1. The van der Waals surface area contributed by atoms with Crippen molar-refractivity contribution >= 4 is 29.0 Å². The smallest absolute Gasteiger partial charge is 0.256 e. The maximum absolute atomic E-state index is 12.8. The zero-order valence-electron chi connectivity index (χ0n) is 18.3. The van der Waals surface area contributed by atoms with Gasteiger partial charge in [0, 0.05) is 33.5 Å². The molecule has 34 heavy (non-hydrogen) atoms. The van der Waals surface area contributed by atoms with E-state index in [-0.39, 0.29) is 12.5 Å². The van der Waals surface area contributed by atoms with Gasteiger partial charge in [-0.1, -0.05) is 41.9 Å². The highest BCUT2D eigenvalue weighted by atomic mass is 35.5. The summed E-state index contributed by atoms with van der Waals surface area (Å²) in [7, 11) is 1.62. The van der Waals surface area contributed by atoms with Gasteiger partial charge in [0.1, 0.15) is 17.9 Å². The summed E-state index contributed by atoms with van der Waals surface area (Å²) in [5.41, 5.74) is 4.11. The zero-order valence-corrected chi connectivity index (χ0v) is 19.0. The average Bonchev–Trinajstić information content (AvgIpc) is 3.11. The van der Waals surface area contributed by atoms with Gasteiger partial charge in [-0.15, -0.1) is 0 Å². The number of halogens is 1. The number of anilines is 2. The number of ether oxygens (including phenoxy) is 1. The fraction of sp³-hybridized carbons (Fsp3) is 0.115. The van der Waals surface area contributed by atoms with E-state index in [2.05, 4.69) is 15.3 Å². The second kappa shape index (κ2) is 9.13. The molecular formula is C26H21ClN4O3. The number of nitrogens with one attached hydrogen (secondary N) is 1. The Hall–Kier alpha value is -3.94. The van der Waals surface area contributed by atoms with Crippen LogP contribution in [0.15, 0.2) is 79.1 Å². The summed E-state index contributed by atoms with van der Waals surface area (Å²) in [5.74, 6) is 1.08. The van der Waals surface area contributed by atoms with Crippen LogP contribution in [0.5, 0.6) is 5.75 Å². The van der Waals surface area contributed by atoms with Crippen molar-refractivity contribution in [2.24, 2.45) is 0 Å². The van der Waals surface area contributed by atoms with Gasteiger partial charge < -0.3 is 20.1 Å². The van der Waals surface area contributed by atoms with Crippen molar-refractivity contribution < 1.29 is 14.6 Å². The van der Waals surface area contributed by atoms with E-state index in [0.717, 1.165) is 17.0 Å². The van der Waals surface area contributed by atoms with Crippen LogP contribution in [0.3, 0.4) is 0 Å². The molecule has 1 amide bonds. The summed E-state index contributed by atoms with van der Waals surface area (Å²) in [6, 6.07) is 21.9. The van der Waals surface area contributed by atoms with Gasteiger partial charge in [-0.2, -0.15) is 0 Å². The van der Waals surface area contributed by atoms with Crippen LogP contribution in [0, 0.1) is 0 Å². The van der Waals surface area contributed by atoms with Gasteiger partial charge in [-0.3, -0.25) is 4.79 Å². The molecule has 1 atom stereocenters. The largest absolute Gasteiger partial charge is 0.496 e. The van der Waals surface area contributed by atoms with Gasteiger partial charge in [0.15, 0.2) is 6.23 Å². The number of hydrogen-bond acceptors (Lipinski definition) is 6. The summed E-state index contributed by atoms with van der Waals surface area (Å²) in [4.78, 5) is 22.9. The summed E-state index contributed by atoms with van der Waals surface area (Å²) in [5, 5.41) is 14.4. The van der Waals surface area contributed by atoms with Crippen LogP contribution >= 0.6 is 11.6 Å². The third kappa shape index (κ3) is 4.07. The number of nitrogens with zero attached hydrogens (tertiary/aromatic N) is 3. The first kappa shape index (κ1) is 21.9. The van der Waals surface area contributed by atoms with Crippen LogP contribution in [0.2, 0.25) is 5.02 Å². The van der Waals surface area contributed by atoms with Crippen molar-refractivity contribution in [3.63, 3.8) is 0 Å². The molecule has 3 aromatic carbocycles. The molecule has 0 radical (unpaired) electrons. The Kier molecular flexibility index (Phi) is 5.88. The average molecular weight is 473 g/mol. The number of rotatable bonds is 6. The second-order valence-corrected chi connectivity index (χ2v) is 8.22. The van der Waals surface area contributed by atoms with Crippen molar-refractivity contribution in [1.29, 1.82) is 0 Å². The molecule has 5 rings (SSSR count). The number of fused-ring (bicyclic) bond motifs is 1. The number of hydrogen-bond donors (Lipinski definition) is 2. The number of amides is 1. The lowest BCUT2D eigenvalue weighted by Gasteiger charge is -2.22. The molecule has 0 aliphatic carbocycles. The highest BCUT2D eigenvalue weighted by Gasteiger charge is 2.35. The van der Waals surface area contributed by atoms with Crippen molar-refractivity contribution in [3.05, 3.63) is 101 Å². The maximum atomic E-state index is 12.8. The first-order valence-electron chi connectivity index (χ1n) is 10.6. The second-order valence-electron chi connectivity index (χ2n) is 7.81. The molecule has 0 bridgehead atoms. The van der Waals surface area contributed by atoms with Crippen molar-refractivity contribution in [3.8, 4) is 17.0 Å². The van der Waals surface area contributed by atoms with E-state index in [0.29, 0.717) is 33.2 Å². The van der Waals surface area contributed by atoms with Crippen LogP contribution in [-0.2, 0) is 6.54 Å². The topological polar surface area (TPSA) is 87.6 Å². The van der Waals surface area contributed by atoms with Crippen LogP contribution in [0.4, 0.5) is 11.5 Å². The van der Waals surface area contributed by atoms with Crippen LogP contribution in [0.1, 0.15) is 27.7 Å². The summed E-state index contributed by atoms with van der Waals surface area (Å²) >= 11 is 6.44. The quantitative estimate of drug-likeness (QED) is 0.401. The number of carbonyl (C=O) groups excluding carboxylic acids is 1. The Bertz CT molecular complexity index is 1380. The number of benzene rings is 3. The van der Waals surface area contributed by atoms with Crippen molar-refractivity contribution in [1.82, 2.24) is 14.9 Å². The molecule has 2 heterocycles. The maximum Gasteiger partial charge on any atom is 0.256 e. The van der Waals surface area contributed by atoms with E-state index in [4.69, 9.17) is 16.3 Å². The van der Waals surface area contributed by atoms with Gasteiger partial charge in [0.05, 0.1) is 19.3 Å². The molecule has 1 aromatic heterocycles. The summed E-state index contributed by atoms with van der Waals surface area (Å²) < 4.78 is 5.44. The molecule has 0 saturated carbocycles. The standard InChI is InChI=1S/C26H21ClN4O3/c1-34-23-9-5-4-8-20(23)22-13-24(29-15-28-22)30-17-10-11-21(27)16(12-17)14-31-25(32)18-6-2-3-7-19(18)26(31)33/h2-13,15,25,32H,14H2,1H3,(H,28,29,30). The molecule has 1 unspecified atom stereocenters. The van der Waals surface area contributed by atoms with Gasteiger partial charge in [0.25, 0.3) is 5.91 Å². The third-order valence-electron chi connectivity index (χ3n) is 5.73. The number of aromatic nitrogens is 2. The van der Waals surface area contributed by atoms with E-state index in [1.807, 2.05) is 42.5 Å². The van der Waals surface area contributed by atoms with E-state index < -0.39 is 6.23 Å². The Balaban J connectivity index is 1.39. The lowest BCUT2D eigenvalue weighted by Crippen LogP contribution is -2.27. The molecule has 0 fully saturated rings. The first-order chi connectivity index (χ1) is 16.5. The van der Waals surface area contributed by atoms with Crippen molar-refractivity contribution in [2.45, 2.75) is 12.8 Å². The number of aliphatic hydroxyl groups excluding tert-OH is 1. The molecule has 2 N–H and O–H groups in total. The molecule has 8 heteroatoms. The number of aliphatic hydroxyl groups is 1. The monoisotopic (exact) mass is 472 g/mol. The van der Waals surface area contributed by atoms with Crippen LogP contribution < -0.4 is 10.1 Å². The van der Waals surface area contributed by atoms with Gasteiger partial charge in [-0.05, 0) is 42.0 Å². The predicted octanol–water partition coefficient (Wildman–Crippen LogP) is 5.20. The minimum absolute atomic E-state index is 0.166. The molecule has 7 nitrogen and oxygen atoms in total.